The molecule has 0 aliphatic heterocycles. The Balaban J connectivity index is 2.75. The maximum atomic E-state index is 5.79. The molecule has 0 saturated carbocycles. The standard InChI is InChI=1S/C9H13ClN2/c1-3-4-11-9-5-8(10)6-12-7(9)2/h5-6,11H,3-4H2,1-2H3. The van der Waals surface area contributed by atoms with Crippen molar-refractivity contribution in [1.29, 1.82) is 0 Å². The average molecular weight is 185 g/mol. The van der Waals surface area contributed by atoms with Gasteiger partial charge < -0.3 is 5.32 Å². The number of aromatic nitrogens is 1. The Kier molecular flexibility index (Phi) is 3.35. The van der Waals surface area contributed by atoms with E-state index in [2.05, 4.69) is 17.2 Å². The number of nitrogens with zero attached hydrogens (tertiary/aromatic N) is 1. The summed E-state index contributed by atoms with van der Waals surface area (Å²) in [5, 5.41) is 3.94. The lowest BCUT2D eigenvalue weighted by molar-refractivity contribution is 0.973. The highest BCUT2D eigenvalue weighted by Crippen LogP contribution is 2.17. The maximum Gasteiger partial charge on any atom is 0.0610 e. The molecule has 1 aromatic heterocycles. The molecule has 1 heterocycles. The van der Waals surface area contributed by atoms with Crippen LogP contribution in [0.5, 0.6) is 0 Å². The van der Waals surface area contributed by atoms with Gasteiger partial charge in [-0.15, -0.1) is 0 Å². The number of hydrogen-bond donors (Lipinski definition) is 1. The summed E-state index contributed by atoms with van der Waals surface area (Å²) in [5.74, 6) is 0. The SMILES string of the molecule is CCCNc1cc(Cl)cnc1C. The van der Waals surface area contributed by atoms with Gasteiger partial charge in [0.25, 0.3) is 0 Å². The zero-order chi connectivity index (χ0) is 8.97. The zero-order valence-electron chi connectivity index (χ0n) is 7.39. The van der Waals surface area contributed by atoms with Crippen LogP contribution in [0.4, 0.5) is 5.69 Å². The second-order valence-corrected chi connectivity index (χ2v) is 3.15. The maximum absolute atomic E-state index is 5.79. The van der Waals surface area contributed by atoms with Crippen LogP contribution >= 0.6 is 11.6 Å². The Morgan fingerprint density at radius 2 is 2.33 bits per heavy atom. The van der Waals surface area contributed by atoms with Crippen molar-refractivity contribution in [3.05, 3.63) is 23.0 Å². The first-order valence-electron chi connectivity index (χ1n) is 4.10. The van der Waals surface area contributed by atoms with Gasteiger partial charge in [0.1, 0.15) is 0 Å². The number of rotatable bonds is 3. The molecule has 0 spiro atoms. The third kappa shape index (κ3) is 2.38. The molecule has 3 heteroatoms. The molecule has 0 saturated heterocycles. The Morgan fingerprint density at radius 3 is 3.00 bits per heavy atom. The van der Waals surface area contributed by atoms with Crippen molar-refractivity contribution in [2.45, 2.75) is 20.3 Å². The van der Waals surface area contributed by atoms with Crippen LogP contribution in [0.25, 0.3) is 0 Å². The lowest BCUT2D eigenvalue weighted by Gasteiger charge is -2.07. The number of pyridine rings is 1. The molecule has 1 aromatic rings. The Hall–Kier alpha value is -0.760. The summed E-state index contributed by atoms with van der Waals surface area (Å²) in [6.45, 7) is 5.05. The molecule has 0 amide bonds. The van der Waals surface area contributed by atoms with Crippen LogP contribution < -0.4 is 5.32 Å². The van der Waals surface area contributed by atoms with Crippen LogP contribution in [0.15, 0.2) is 12.3 Å². The van der Waals surface area contributed by atoms with Crippen molar-refractivity contribution in [3.8, 4) is 0 Å². The third-order valence-electron chi connectivity index (χ3n) is 1.62. The van der Waals surface area contributed by atoms with E-state index in [0.717, 1.165) is 24.3 Å². The highest BCUT2D eigenvalue weighted by molar-refractivity contribution is 6.30. The van der Waals surface area contributed by atoms with Crippen molar-refractivity contribution in [2.75, 3.05) is 11.9 Å². The van der Waals surface area contributed by atoms with Gasteiger partial charge in [0.15, 0.2) is 0 Å². The molecule has 1 rings (SSSR count). The van der Waals surface area contributed by atoms with Crippen LogP contribution in [-0.4, -0.2) is 11.5 Å². The third-order valence-corrected chi connectivity index (χ3v) is 1.83. The molecule has 0 aromatic carbocycles. The van der Waals surface area contributed by atoms with E-state index < -0.39 is 0 Å². The van der Waals surface area contributed by atoms with E-state index in [4.69, 9.17) is 11.6 Å². The number of aryl methyl sites for hydroxylation is 1. The summed E-state index contributed by atoms with van der Waals surface area (Å²) >= 11 is 5.79. The predicted molar refractivity (Wildman–Crippen MR) is 52.8 cm³/mol. The minimum atomic E-state index is 0.680. The van der Waals surface area contributed by atoms with Gasteiger partial charge in [-0.1, -0.05) is 18.5 Å². The first kappa shape index (κ1) is 9.33. The largest absolute Gasteiger partial charge is 0.384 e. The smallest absolute Gasteiger partial charge is 0.0610 e. The van der Waals surface area contributed by atoms with Gasteiger partial charge in [-0.25, -0.2) is 0 Å². The minimum absolute atomic E-state index is 0.680. The highest BCUT2D eigenvalue weighted by Gasteiger charge is 1.98. The fourth-order valence-electron chi connectivity index (χ4n) is 0.946. The molecule has 12 heavy (non-hydrogen) atoms. The molecule has 0 fully saturated rings. The molecule has 2 nitrogen and oxygen atoms in total. The molecular weight excluding hydrogens is 172 g/mol. The number of halogens is 1. The van der Waals surface area contributed by atoms with Crippen LogP contribution in [-0.2, 0) is 0 Å². The Labute approximate surface area is 78.0 Å². The van der Waals surface area contributed by atoms with Crippen molar-refractivity contribution < 1.29 is 0 Å². The summed E-state index contributed by atoms with van der Waals surface area (Å²) in [4.78, 5) is 4.14. The monoisotopic (exact) mass is 184 g/mol. The first-order valence-corrected chi connectivity index (χ1v) is 4.48. The second-order valence-electron chi connectivity index (χ2n) is 2.71. The normalized spacial score (nSPS) is 9.92. The van der Waals surface area contributed by atoms with E-state index in [-0.39, 0.29) is 0 Å². The van der Waals surface area contributed by atoms with E-state index in [1.807, 2.05) is 13.0 Å². The molecule has 0 aliphatic rings. The Morgan fingerprint density at radius 1 is 1.58 bits per heavy atom. The van der Waals surface area contributed by atoms with Crippen LogP contribution in [0.1, 0.15) is 19.0 Å². The number of nitrogens with one attached hydrogen (secondary N) is 1. The van der Waals surface area contributed by atoms with Crippen LogP contribution in [0, 0.1) is 6.92 Å². The van der Waals surface area contributed by atoms with E-state index in [1.165, 1.54) is 0 Å². The van der Waals surface area contributed by atoms with E-state index >= 15 is 0 Å². The summed E-state index contributed by atoms with van der Waals surface area (Å²) in [5.41, 5.74) is 2.03. The fourth-order valence-corrected chi connectivity index (χ4v) is 1.10. The van der Waals surface area contributed by atoms with Gasteiger partial charge >= 0.3 is 0 Å². The molecule has 0 radical (unpaired) electrons. The fraction of sp³-hybridized carbons (Fsp3) is 0.444. The van der Waals surface area contributed by atoms with Gasteiger partial charge in [-0.05, 0) is 19.4 Å². The van der Waals surface area contributed by atoms with Gasteiger partial charge in [0, 0.05) is 12.7 Å². The second kappa shape index (κ2) is 4.31. The van der Waals surface area contributed by atoms with Crippen molar-refractivity contribution in [1.82, 2.24) is 4.98 Å². The molecule has 0 unspecified atom stereocenters. The lowest BCUT2D eigenvalue weighted by atomic mass is 10.3. The quantitative estimate of drug-likeness (QED) is 0.782. The minimum Gasteiger partial charge on any atom is -0.384 e. The summed E-state index contributed by atoms with van der Waals surface area (Å²) < 4.78 is 0. The lowest BCUT2D eigenvalue weighted by Crippen LogP contribution is -2.02. The van der Waals surface area contributed by atoms with Crippen LogP contribution in [0.3, 0.4) is 0 Å². The average Bonchev–Trinajstić information content (AvgIpc) is 2.07. The molecule has 66 valence electrons. The predicted octanol–water partition coefficient (Wildman–Crippen LogP) is 2.87. The molecule has 0 atom stereocenters. The topological polar surface area (TPSA) is 24.9 Å². The van der Waals surface area contributed by atoms with Crippen molar-refractivity contribution in [3.63, 3.8) is 0 Å². The molecular formula is C9H13ClN2. The highest BCUT2D eigenvalue weighted by atomic mass is 35.5. The van der Waals surface area contributed by atoms with Gasteiger partial charge in [0.2, 0.25) is 0 Å². The van der Waals surface area contributed by atoms with E-state index in [0.29, 0.717) is 5.02 Å². The summed E-state index contributed by atoms with van der Waals surface area (Å²) in [6, 6.07) is 1.90. The van der Waals surface area contributed by atoms with Crippen molar-refractivity contribution in [2.24, 2.45) is 0 Å². The number of anilines is 1. The van der Waals surface area contributed by atoms with Crippen LogP contribution in [0.2, 0.25) is 5.02 Å². The van der Waals surface area contributed by atoms with Gasteiger partial charge in [0.05, 0.1) is 16.4 Å². The molecule has 0 bridgehead atoms. The zero-order valence-corrected chi connectivity index (χ0v) is 8.15. The van der Waals surface area contributed by atoms with E-state index in [9.17, 15) is 0 Å². The van der Waals surface area contributed by atoms with Gasteiger partial charge in [-0.3, -0.25) is 4.98 Å². The van der Waals surface area contributed by atoms with Crippen molar-refractivity contribution >= 4 is 17.3 Å². The molecule has 1 N–H and O–H groups in total. The van der Waals surface area contributed by atoms with Gasteiger partial charge in [-0.2, -0.15) is 0 Å². The Bertz CT molecular complexity index is 261. The van der Waals surface area contributed by atoms with E-state index in [1.54, 1.807) is 6.20 Å². The first-order chi connectivity index (χ1) is 5.74. The summed E-state index contributed by atoms with van der Waals surface area (Å²) in [6.07, 6.45) is 2.76. The summed E-state index contributed by atoms with van der Waals surface area (Å²) in [7, 11) is 0. The number of hydrogen-bond acceptors (Lipinski definition) is 2. The molecule has 0 aliphatic carbocycles.